The second-order valence-electron chi connectivity index (χ2n) is 8.11. The Hall–Kier alpha value is -3.07. The Bertz CT molecular complexity index is 1310. The van der Waals surface area contributed by atoms with Gasteiger partial charge in [0.25, 0.3) is 0 Å². The first-order valence-corrected chi connectivity index (χ1v) is 12.4. The SMILES string of the molecule is CS(=O)(=O)N(CCCC(=O)Nc1ccc2c3c(cccc13)CC2)c1ccccc1C(F)(F)F. The van der Waals surface area contributed by atoms with Crippen LogP contribution < -0.4 is 9.62 Å². The van der Waals surface area contributed by atoms with Crippen LogP contribution in [0.1, 0.15) is 29.5 Å². The van der Waals surface area contributed by atoms with Gasteiger partial charge in [-0.25, -0.2) is 8.42 Å². The normalized spacial score (nSPS) is 13.3. The summed E-state index contributed by atoms with van der Waals surface area (Å²) >= 11 is 0. The highest BCUT2D eigenvalue weighted by atomic mass is 32.2. The first-order valence-electron chi connectivity index (χ1n) is 10.5. The number of hydrogen-bond acceptors (Lipinski definition) is 3. The average molecular weight is 477 g/mol. The molecule has 9 heteroatoms. The van der Waals surface area contributed by atoms with Crippen LogP contribution in [-0.4, -0.2) is 27.1 Å². The van der Waals surface area contributed by atoms with Gasteiger partial charge in [-0.15, -0.1) is 0 Å². The Labute approximate surface area is 190 Å². The van der Waals surface area contributed by atoms with Crippen molar-refractivity contribution < 1.29 is 26.4 Å². The van der Waals surface area contributed by atoms with E-state index in [1.54, 1.807) is 0 Å². The van der Waals surface area contributed by atoms with E-state index in [2.05, 4.69) is 11.4 Å². The fraction of sp³-hybridized carbons (Fsp3) is 0.292. The number of benzene rings is 3. The zero-order valence-corrected chi connectivity index (χ0v) is 18.8. The Balaban J connectivity index is 1.48. The van der Waals surface area contributed by atoms with Crippen LogP contribution in [0.3, 0.4) is 0 Å². The molecule has 3 aromatic rings. The highest BCUT2D eigenvalue weighted by Gasteiger charge is 2.36. The molecule has 0 radical (unpaired) electrons. The summed E-state index contributed by atoms with van der Waals surface area (Å²) in [6.45, 7) is -0.247. The number of rotatable bonds is 7. The fourth-order valence-electron chi connectivity index (χ4n) is 4.35. The van der Waals surface area contributed by atoms with Gasteiger partial charge in [-0.1, -0.05) is 36.4 Å². The summed E-state index contributed by atoms with van der Waals surface area (Å²) in [4.78, 5) is 12.6. The van der Waals surface area contributed by atoms with Gasteiger partial charge in [0.2, 0.25) is 15.9 Å². The van der Waals surface area contributed by atoms with Crippen LogP contribution in [0.4, 0.5) is 24.5 Å². The number of amides is 1. The molecule has 0 saturated carbocycles. The van der Waals surface area contributed by atoms with E-state index >= 15 is 0 Å². The van der Waals surface area contributed by atoms with E-state index in [9.17, 15) is 26.4 Å². The van der Waals surface area contributed by atoms with Crippen molar-refractivity contribution in [3.05, 3.63) is 71.3 Å². The lowest BCUT2D eigenvalue weighted by Gasteiger charge is -2.25. The molecule has 0 heterocycles. The summed E-state index contributed by atoms with van der Waals surface area (Å²) in [6, 6.07) is 14.3. The van der Waals surface area contributed by atoms with Crippen LogP contribution in [0, 0.1) is 0 Å². The lowest BCUT2D eigenvalue weighted by atomic mass is 10.0. The number of hydrogen-bond donors (Lipinski definition) is 1. The number of sulfonamides is 1. The zero-order chi connectivity index (χ0) is 23.8. The maximum atomic E-state index is 13.4. The first kappa shape index (κ1) is 23.1. The highest BCUT2D eigenvalue weighted by Crippen LogP contribution is 2.38. The Morgan fingerprint density at radius 2 is 1.70 bits per heavy atom. The molecule has 1 aliphatic rings. The van der Waals surface area contributed by atoms with Gasteiger partial charge in [0, 0.05) is 24.0 Å². The summed E-state index contributed by atoms with van der Waals surface area (Å²) in [6.07, 6.45) is -1.90. The molecule has 4 rings (SSSR count). The van der Waals surface area contributed by atoms with Gasteiger partial charge in [0.15, 0.2) is 0 Å². The lowest BCUT2D eigenvalue weighted by Crippen LogP contribution is -2.33. The zero-order valence-electron chi connectivity index (χ0n) is 17.9. The molecule has 1 N–H and O–H groups in total. The monoisotopic (exact) mass is 476 g/mol. The number of halogens is 3. The Kier molecular flexibility index (Phi) is 6.09. The van der Waals surface area contributed by atoms with Crippen LogP contribution in [-0.2, 0) is 33.8 Å². The molecule has 33 heavy (non-hydrogen) atoms. The molecule has 174 valence electrons. The Morgan fingerprint density at radius 3 is 2.39 bits per heavy atom. The maximum absolute atomic E-state index is 13.4. The molecular weight excluding hydrogens is 453 g/mol. The van der Waals surface area contributed by atoms with E-state index < -0.39 is 27.5 Å². The van der Waals surface area contributed by atoms with Gasteiger partial charge >= 0.3 is 6.18 Å². The van der Waals surface area contributed by atoms with Crippen LogP contribution in [0.25, 0.3) is 10.8 Å². The standard InChI is InChI=1S/C24H23F3N2O3S/c1-33(31,32)29(21-9-3-2-8-19(21)24(25,26)27)15-5-10-22(30)28-20-14-13-17-12-11-16-6-4-7-18(20)23(16)17/h2-4,6-9,13-14H,5,10-12,15H2,1H3,(H,28,30). The van der Waals surface area contributed by atoms with E-state index in [0.717, 1.165) is 42.0 Å². The molecule has 0 aromatic heterocycles. The fourth-order valence-corrected chi connectivity index (χ4v) is 5.32. The number of para-hydroxylation sites is 1. The van der Waals surface area contributed by atoms with Gasteiger partial charge < -0.3 is 5.32 Å². The molecule has 0 bridgehead atoms. The predicted octanol–water partition coefficient (Wildman–Crippen LogP) is 5.14. The molecule has 0 unspecified atom stereocenters. The summed E-state index contributed by atoms with van der Waals surface area (Å²) in [5.74, 6) is -0.328. The van der Waals surface area contributed by atoms with Crippen molar-refractivity contribution in [2.24, 2.45) is 0 Å². The van der Waals surface area contributed by atoms with Crippen molar-refractivity contribution in [3.63, 3.8) is 0 Å². The number of carbonyl (C=O) groups is 1. The Morgan fingerprint density at radius 1 is 1.00 bits per heavy atom. The number of aryl methyl sites for hydroxylation is 2. The molecule has 0 spiro atoms. The average Bonchev–Trinajstić information content (AvgIpc) is 3.16. The van der Waals surface area contributed by atoms with E-state index in [-0.39, 0.29) is 25.3 Å². The minimum Gasteiger partial charge on any atom is -0.326 e. The maximum Gasteiger partial charge on any atom is 0.418 e. The van der Waals surface area contributed by atoms with E-state index in [1.807, 2.05) is 24.3 Å². The van der Waals surface area contributed by atoms with Crippen LogP contribution in [0.2, 0.25) is 0 Å². The van der Waals surface area contributed by atoms with Gasteiger partial charge in [0.1, 0.15) is 0 Å². The minimum atomic E-state index is -4.70. The molecule has 0 saturated heterocycles. The van der Waals surface area contributed by atoms with Crippen LogP contribution in [0.5, 0.6) is 0 Å². The van der Waals surface area contributed by atoms with Crippen molar-refractivity contribution in [3.8, 4) is 0 Å². The third-order valence-electron chi connectivity index (χ3n) is 5.79. The molecule has 1 amide bonds. The number of nitrogens with zero attached hydrogens (tertiary/aromatic N) is 1. The number of anilines is 2. The molecule has 0 fully saturated rings. The van der Waals surface area contributed by atoms with Gasteiger partial charge in [0.05, 0.1) is 17.5 Å². The van der Waals surface area contributed by atoms with Crippen LogP contribution in [0.15, 0.2) is 54.6 Å². The summed E-state index contributed by atoms with van der Waals surface area (Å²) in [5.41, 5.74) is 1.68. The third-order valence-corrected chi connectivity index (χ3v) is 6.97. The minimum absolute atomic E-state index is 0.0386. The molecule has 3 aromatic carbocycles. The van der Waals surface area contributed by atoms with Crippen molar-refractivity contribution in [1.82, 2.24) is 0 Å². The number of nitrogens with one attached hydrogen (secondary N) is 1. The molecule has 0 aliphatic heterocycles. The number of carbonyl (C=O) groups excluding carboxylic acids is 1. The van der Waals surface area contributed by atoms with E-state index in [1.165, 1.54) is 23.3 Å². The molecule has 0 atom stereocenters. The van der Waals surface area contributed by atoms with Gasteiger partial charge in [-0.3, -0.25) is 9.10 Å². The highest BCUT2D eigenvalue weighted by molar-refractivity contribution is 7.92. The summed E-state index contributed by atoms with van der Waals surface area (Å²) < 4.78 is 65.4. The van der Waals surface area contributed by atoms with Gasteiger partial charge in [-0.05, 0) is 54.0 Å². The summed E-state index contributed by atoms with van der Waals surface area (Å²) in [5, 5.41) is 4.97. The second kappa shape index (κ2) is 8.70. The smallest absolute Gasteiger partial charge is 0.326 e. The van der Waals surface area contributed by atoms with Crippen molar-refractivity contribution in [1.29, 1.82) is 0 Å². The molecule has 5 nitrogen and oxygen atoms in total. The van der Waals surface area contributed by atoms with Crippen molar-refractivity contribution in [2.75, 3.05) is 22.4 Å². The van der Waals surface area contributed by atoms with E-state index in [0.29, 0.717) is 9.99 Å². The van der Waals surface area contributed by atoms with Gasteiger partial charge in [-0.2, -0.15) is 13.2 Å². The van der Waals surface area contributed by atoms with Crippen LogP contribution >= 0.6 is 0 Å². The largest absolute Gasteiger partial charge is 0.418 e. The van der Waals surface area contributed by atoms with E-state index in [4.69, 9.17) is 0 Å². The topological polar surface area (TPSA) is 66.5 Å². The third kappa shape index (κ3) is 4.83. The van der Waals surface area contributed by atoms with Crippen molar-refractivity contribution in [2.45, 2.75) is 31.9 Å². The quantitative estimate of drug-likeness (QED) is 0.513. The van der Waals surface area contributed by atoms with Crippen molar-refractivity contribution >= 4 is 38.1 Å². The second-order valence-corrected chi connectivity index (χ2v) is 10.0. The summed E-state index contributed by atoms with van der Waals surface area (Å²) in [7, 11) is -3.99. The molecular formula is C24H23F3N2O3S. The predicted molar refractivity (Wildman–Crippen MR) is 123 cm³/mol. The molecule has 1 aliphatic carbocycles. The lowest BCUT2D eigenvalue weighted by molar-refractivity contribution is -0.137. The first-order chi connectivity index (χ1) is 15.6. The number of alkyl halides is 3.